The first-order valence-corrected chi connectivity index (χ1v) is 6.95. The van der Waals surface area contributed by atoms with Crippen molar-refractivity contribution in [3.05, 3.63) is 57.8 Å². The van der Waals surface area contributed by atoms with Crippen LogP contribution in [0.4, 0.5) is 0 Å². The average Bonchev–Trinajstić information content (AvgIpc) is 2.95. The van der Waals surface area contributed by atoms with Gasteiger partial charge in [0.2, 0.25) is 0 Å². The number of ether oxygens (including phenoxy) is 1. The molecule has 0 fully saturated rings. The van der Waals surface area contributed by atoms with Gasteiger partial charge in [0.05, 0.1) is 12.7 Å². The number of methoxy groups -OCH3 is 1. The van der Waals surface area contributed by atoms with E-state index in [2.05, 4.69) is 17.5 Å². The van der Waals surface area contributed by atoms with Gasteiger partial charge in [-0.2, -0.15) is 5.26 Å². The lowest BCUT2D eigenvalue weighted by Gasteiger charge is -2.15. The van der Waals surface area contributed by atoms with E-state index in [-0.39, 0.29) is 6.04 Å². The van der Waals surface area contributed by atoms with E-state index in [9.17, 15) is 5.26 Å². The SMILES string of the molecule is COCc1ccccc1C(C#N)NCc1cccs1. The zero-order chi connectivity index (χ0) is 13.5. The van der Waals surface area contributed by atoms with Gasteiger partial charge in [0.25, 0.3) is 0 Å². The van der Waals surface area contributed by atoms with Crippen LogP contribution in [0.3, 0.4) is 0 Å². The summed E-state index contributed by atoms with van der Waals surface area (Å²) in [6.07, 6.45) is 0. The Hall–Kier alpha value is -1.67. The minimum absolute atomic E-state index is 0.312. The Kier molecular flexibility index (Phi) is 5.10. The largest absolute Gasteiger partial charge is 0.380 e. The van der Waals surface area contributed by atoms with E-state index < -0.39 is 0 Å². The molecule has 0 amide bonds. The molecule has 1 atom stereocenters. The smallest absolute Gasteiger partial charge is 0.122 e. The van der Waals surface area contributed by atoms with Crippen LogP contribution in [0.1, 0.15) is 22.0 Å². The minimum Gasteiger partial charge on any atom is -0.380 e. The van der Waals surface area contributed by atoms with Crippen molar-refractivity contribution in [1.82, 2.24) is 5.32 Å². The van der Waals surface area contributed by atoms with Gasteiger partial charge in [-0.15, -0.1) is 11.3 Å². The molecule has 3 nitrogen and oxygen atoms in total. The van der Waals surface area contributed by atoms with Crippen LogP contribution in [-0.2, 0) is 17.9 Å². The van der Waals surface area contributed by atoms with E-state index in [0.29, 0.717) is 13.2 Å². The maximum Gasteiger partial charge on any atom is 0.122 e. The van der Waals surface area contributed by atoms with Crippen LogP contribution in [-0.4, -0.2) is 7.11 Å². The molecule has 0 aliphatic heterocycles. The molecule has 0 aliphatic carbocycles. The summed E-state index contributed by atoms with van der Waals surface area (Å²) in [5, 5.41) is 14.7. The first kappa shape index (κ1) is 13.8. The van der Waals surface area contributed by atoms with Crippen molar-refractivity contribution in [2.24, 2.45) is 0 Å². The number of hydrogen-bond donors (Lipinski definition) is 1. The number of nitrogens with zero attached hydrogens (tertiary/aromatic N) is 1. The van der Waals surface area contributed by atoms with E-state index in [1.807, 2.05) is 35.7 Å². The average molecular weight is 272 g/mol. The molecule has 4 heteroatoms. The number of nitrogens with one attached hydrogen (secondary N) is 1. The van der Waals surface area contributed by atoms with Gasteiger partial charge in [-0.05, 0) is 22.6 Å². The Labute approximate surface area is 117 Å². The Bertz CT molecular complexity index is 546. The number of thiophene rings is 1. The van der Waals surface area contributed by atoms with Crippen LogP contribution in [0.5, 0.6) is 0 Å². The summed E-state index contributed by atoms with van der Waals surface area (Å²) in [5.41, 5.74) is 2.04. The number of nitriles is 1. The van der Waals surface area contributed by atoms with E-state index in [1.54, 1.807) is 18.4 Å². The van der Waals surface area contributed by atoms with Gasteiger partial charge < -0.3 is 4.74 Å². The van der Waals surface area contributed by atoms with Crippen LogP contribution in [0.15, 0.2) is 41.8 Å². The molecule has 1 aromatic carbocycles. The third-order valence-electron chi connectivity index (χ3n) is 2.86. The zero-order valence-corrected chi connectivity index (χ0v) is 11.6. The maximum atomic E-state index is 9.35. The molecule has 0 radical (unpaired) electrons. The Morgan fingerprint density at radius 1 is 1.32 bits per heavy atom. The van der Waals surface area contributed by atoms with Crippen LogP contribution in [0.25, 0.3) is 0 Å². The quantitative estimate of drug-likeness (QED) is 0.878. The van der Waals surface area contributed by atoms with Gasteiger partial charge in [-0.1, -0.05) is 30.3 Å². The van der Waals surface area contributed by atoms with Gasteiger partial charge in [0.15, 0.2) is 0 Å². The van der Waals surface area contributed by atoms with Crippen molar-refractivity contribution in [2.45, 2.75) is 19.2 Å². The lowest BCUT2D eigenvalue weighted by Crippen LogP contribution is -2.20. The molecule has 98 valence electrons. The molecular weight excluding hydrogens is 256 g/mol. The maximum absolute atomic E-state index is 9.35. The van der Waals surface area contributed by atoms with Crippen molar-refractivity contribution >= 4 is 11.3 Å². The highest BCUT2D eigenvalue weighted by molar-refractivity contribution is 7.09. The van der Waals surface area contributed by atoms with E-state index in [4.69, 9.17) is 4.74 Å². The monoisotopic (exact) mass is 272 g/mol. The molecule has 0 saturated heterocycles. The second-order valence-electron chi connectivity index (χ2n) is 4.15. The lowest BCUT2D eigenvalue weighted by atomic mass is 10.0. The van der Waals surface area contributed by atoms with Crippen LogP contribution in [0, 0.1) is 11.3 Å². The van der Waals surface area contributed by atoms with Crippen molar-refractivity contribution < 1.29 is 4.74 Å². The third kappa shape index (κ3) is 3.65. The highest BCUT2D eigenvalue weighted by atomic mass is 32.1. The van der Waals surface area contributed by atoms with Gasteiger partial charge in [0, 0.05) is 18.5 Å². The van der Waals surface area contributed by atoms with E-state index >= 15 is 0 Å². The summed E-state index contributed by atoms with van der Waals surface area (Å²) in [6.45, 7) is 1.23. The fourth-order valence-electron chi connectivity index (χ4n) is 1.94. The Morgan fingerprint density at radius 2 is 2.16 bits per heavy atom. The first-order chi connectivity index (χ1) is 9.35. The van der Waals surface area contributed by atoms with Gasteiger partial charge in [-0.25, -0.2) is 0 Å². The highest BCUT2D eigenvalue weighted by Gasteiger charge is 2.13. The highest BCUT2D eigenvalue weighted by Crippen LogP contribution is 2.19. The molecule has 0 bridgehead atoms. The lowest BCUT2D eigenvalue weighted by molar-refractivity contribution is 0.184. The number of benzene rings is 1. The molecule has 2 aromatic rings. The predicted molar refractivity (Wildman–Crippen MR) is 76.7 cm³/mol. The van der Waals surface area contributed by atoms with Crippen molar-refractivity contribution in [1.29, 1.82) is 5.26 Å². The van der Waals surface area contributed by atoms with Crippen LogP contribution < -0.4 is 5.32 Å². The van der Waals surface area contributed by atoms with E-state index in [0.717, 1.165) is 11.1 Å². The summed E-state index contributed by atoms with van der Waals surface area (Å²) >= 11 is 1.69. The second-order valence-corrected chi connectivity index (χ2v) is 5.19. The van der Waals surface area contributed by atoms with Crippen molar-refractivity contribution in [2.75, 3.05) is 7.11 Å². The zero-order valence-electron chi connectivity index (χ0n) is 10.8. The predicted octanol–water partition coefficient (Wildman–Crippen LogP) is 3.25. The fourth-order valence-corrected chi connectivity index (χ4v) is 2.60. The standard InChI is InChI=1S/C15H16N2OS/c1-18-11-12-5-2-3-7-14(12)15(9-16)17-10-13-6-4-8-19-13/h2-8,15,17H,10-11H2,1H3. The fraction of sp³-hybridized carbons (Fsp3) is 0.267. The normalized spacial score (nSPS) is 12.0. The van der Waals surface area contributed by atoms with Gasteiger partial charge in [-0.3, -0.25) is 5.32 Å². The molecule has 1 heterocycles. The van der Waals surface area contributed by atoms with Crippen molar-refractivity contribution in [3.8, 4) is 6.07 Å². The van der Waals surface area contributed by atoms with E-state index in [1.165, 1.54) is 4.88 Å². The van der Waals surface area contributed by atoms with Crippen LogP contribution >= 0.6 is 11.3 Å². The van der Waals surface area contributed by atoms with Crippen LogP contribution in [0.2, 0.25) is 0 Å². The summed E-state index contributed by atoms with van der Waals surface area (Å²) in [6, 6.07) is 14.0. The molecular formula is C15H16N2OS. The molecule has 0 saturated carbocycles. The van der Waals surface area contributed by atoms with Gasteiger partial charge >= 0.3 is 0 Å². The topological polar surface area (TPSA) is 45.0 Å². The molecule has 2 rings (SSSR count). The molecule has 19 heavy (non-hydrogen) atoms. The third-order valence-corrected chi connectivity index (χ3v) is 3.73. The summed E-state index contributed by atoms with van der Waals surface area (Å²) in [4.78, 5) is 1.23. The number of rotatable bonds is 6. The molecule has 1 aromatic heterocycles. The first-order valence-electron chi connectivity index (χ1n) is 6.07. The molecule has 1 unspecified atom stereocenters. The summed E-state index contributed by atoms with van der Waals surface area (Å²) in [5.74, 6) is 0. The molecule has 0 aliphatic rings. The minimum atomic E-state index is -0.312. The molecule has 0 spiro atoms. The Balaban J connectivity index is 2.11. The summed E-state index contributed by atoms with van der Waals surface area (Å²) in [7, 11) is 1.66. The summed E-state index contributed by atoms with van der Waals surface area (Å²) < 4.78 is 5.18. The Morgan fingerprint density at radius 3 is 2.84 bits per heavy atom. The van der Waals surface area contributed by atoms with Crippen molar-refractivity contribution in [3.63, 3.8) is 0 Å². The molecule has 1 N–H and O–H groups in total. The second kappa shape index (κ2) is 7.05. The van der Waals surface area contributed by atoms with Gasteiger partial charge in [0.1, 0.15) is 6.04 Å². The number of hydrogen-bond acceptors (Lipinski definition) is 4.